The molecule has 0 unspecified atom stereocenters. The summed E-state index contributed by atoms with van der Waals surface area (Å²) in [5, 5.41) is 3.17. The smallest absolute Gasteiger partial charge is 0.188 e. The van der Waals surface area contributed by atoms with Crippen LogP contribution < -0.4 is 11.1 Å². The van der Waals surface area contributed by atoms with Crippen LogP contribution in [0.5, 0.6) is 0 Å². The zero-order valence-electron chi connectivity index (χ0n) is 10.0. The quantitative estimate of drug-likeness (QED) is 0.495. The maximum atomic E-state index is 5.74. The monoisotopic (exact) mass is 346 g/mol. The Bertz CT molecular complexity index is 388. The normalized spacial score (nSPS) is 15.2. The van der Waals surface area contributed by atoms with Crippen molar-refractivity contribution in [2.75, 3.05) is 6.54 Å². The highest BCUT2D eigenvalue weighted by molar-refractivity contribution is 14.0. The van der Waals surface area contributed by atoms with Crippen LogP contribution in [0, 0.1) is 6.92 Å². The molecule has 4 nitrogen and oxygen atoms in total. The topological polar surface area (TPSA) is 63.3 Å². The van der Waals surface area contributed by atoms with Gasteiger partial charge in [-0.3, -0.25) is 9.98 Å². The minimum Gasteiger partial charge on any atom is -0.370 e. The van der Waals surface area contributed by atoms with Crippen LogP contribution in [0.4, 0.5) is 0 Å². The zero-order valence-corrected chi connectivity index (χ0v) is 12.3. The first-order valence-corrected chi connectivity index (χ1v) is 5.71. The van der Waals surface area contributed by atoms with Crippen molar-refractivity contribution in [3.63, 3.8) is 0 Å². The molecule has 0 amide bonds. The zero-order chi connectivity index (χ0) is 11.4. The molecule has 0 atom stereocenters. The predicted octanol–water partition coefficient (Wildman–Crippen LogP) is 1.62. The molecular weight excluding hydrogens is 327 g/mol. The number of nitrogens with one attached hydrogen (secondary N) is 1. The van der Waals surface area contributed by atoms with Crippen molar-refractivity contribution in [3.8, 4) is 0 Å². The van der Waals surface area contributed by atoms with Crippen molar-refractivity contribution < 1.29 is 0 Å². The van der Waals surface area contributed by atoms with Gasteiger partial charge in [0.1, 0.15) is 0 Å². The summed E-state index contributed by atoms with van der Waals surface area (Å²) in [5.74, 6) is 0.578. The first kappa shape index (κ1) is 14.2. The highest BCUT2D eigenvalue weighted by Crippen LogP contribution is 2.17. The fourth-order valence-corrected chi connectivity index (χ4v) is 1.56. The first-order chi connectivity index (χ1) is 7.75. The number of rotatable bonds is 4. The Labute approximate surface area is 119 Å². The predicted molar refractivity (Wildman–Crippen MR) is 80.7 cm³/mol. The molecule has 1 heterocycles. The number of hydrogen-bond donors (Lipinski definition) is 2. The number of nitrogens with two attached hydrogens (primary N) is 1. The van der Waals surface area contributed by atoms with E-state index in [9.17, 15) is 0 Å². The molecule has 1 aliphatic carbocycles. The molecule has 1 fully saturated rings. The molecule has 5 heteroatoms. The fourth-order valence-electron chi connectivity index (χ4n) is 1.56. The average Bonchev–Trinajstić information content (AvgIpc) is 3.05. The number of halogens is 1. The van der Waals surface area contributed by atoms with Crippen LogP contribution in [-0.4, -0.2) is 23.5 Å². The lowest BCUT2D eigenvalue weighted by molar-refractivity contribution is 0.868. The third kappa shape index (κ3) is 4.89. The first-order valence-electron chi connectivity index (χ1n) is 5.71. The van der Waals surface area contributed by atoms with E-state index in [0.29, 0.717) is 12.0 Å². The SMILES string of the molecule is Cc1cnccc1CCN=C(N)NC1CC1.I. The minimum atomic E-state index is 0. The van der Waals surface area contributed by atoms with Crippen LogP contribution in [0.1, 0.15) is 24.0 Å². The van der Waals surface area contributed by atoms with Crippen LogP contribution in [0.25, 0.3) is 0 Å². The Morgan fingerprint density at radius 3 is 3.00 bits per heavy atom. The van der Waals surface area contributed by atoms with E-state index in [1.807, 2.05) is 18.5 Å². The van der Waals surface area contributed by atoms with E-state index in [1.165, 1.54) is 24.0 Å². The molecule has 0 aliphatic heterocycles. The Balaban J connectivity index is 0.00000144. The lowest BCUT2D eigenvalue weighted by Crippen LogP contribution is -2.33. The maximum absolute atomic E-state index is 5.74. The van der Waals surface area contributed by atoms with Gasteiger partial charge >= 0.3 is 0 Å². The third-order valence-electron chi connectivity index (χ3n) is 2.73. The van der Waals surface area contributed by atoms with E-state index in [2.05, 4.69) is 22.2 Å². The van der Waals surface area contributed by atoms with Crippen LogP contribution in [0.15, 0.2) is 23.5 Å². The summed E-state index contributed by atoms with van der Waals surface area (Å²) in [6.45, 7) is 2.80. The van der Waals surface area contributed by atoms with Gasteiger partial charge < -0.3 is 11.1 Å². The van der Waals surface area contributed by atoms with Gasteiger partial charge in [0.05, 0.1) is 0 Å². The Morgan fingerprint density at radius 2 is 2.35 bits per heavy atom. The Hall–Kier alpha value is -0.850. The van der Waals surface area contributed by atoms with Crippen LogP contribution in [0.2, 0.25) is 0 Å². The molecule has 1 aliphatic rings. The van der Waals surface area contributed by atoms with Gasteiger partial charge in [0.25, 0.3) is 0 Å². The highest BCUT2D eigenvalue weighted by Gasteiger charge is 2.21. The van der Waals surface area contributed by atoms with Crippen molar-refractivity contribution >= 4 is 29.9 Å². The summed E-state index contributed by atoms with van der Waals surface area (Å²) in [4.78, 5) is 8.37. The van der Waals surface area contributed by atoms with Crippen molar-refractivity contribution in [1.82, 2.24) is 10.3 Å². The highest BCUT2D eigenvalue weighted by atomic mass is 127. The molecule has 0 bridgehead atoms. The standard InChI is InChI=1S/C12H18N4.HI/c1-9-8-14-6-4-10(9)5-7-15-12(13)16-11-2-3-11;/h4,6,8,11H,2-3,5,7H2,1H3,(H3,13,15,16);1H. The van der Waals surface area contributed by atoms with Gasteiger partial charge in [-0.15, -0.1) is 24.0 Å². The van der Waals surface area contributed by atoms with Gasteiger partial charge in [-0.05, 0) is 43.4 Å². The second-order valence-electron chi connectivity index (χ2n) is 4.24. The average molecular weight is 346 g/mol. The van der Waals surface area contributed by atoms with Gasteiger partial charge in [-0.1, -0.05) is 0 Å². The second-order valence-corrected chi connectivity index (χ2v) is 4.24. The molecule has 0 spiro atoms. The summed E-state index contributed by atoms with van der Waals surface area (Å²) >= 11 is 0. The molecule has 1 aromatic rings. The van der Waals surface area contributed by atoms with Crippen LogP contribution in [0.3, 0.4) is 0 Å². The minimum absolute atomic E-state index is 0. The number of guanidine groups is 1. The van der Waals surface area contributed by atoms with Gasteiger partial charge in [0, 0.05) is 25.0 Å². The number of aliphatic imine (C=N–C) groups is 1. The van der Waals surface area contributed by atoms with E-state index in [4.69, 9.17) is 5.73 Å². The Kier molecular flexibility index (Phi) is 5.67. The van der Waals surface area contributed by atoms with E-state index in [-0.39, 0.29) is 24.0 Å². The van der Waals surface area contributed by atoms with Crippen LogP contribution >= 0.6 is 24.0 Å². The molecule has 0 aromatic carbocycles. The van der Waals surface area contributed by atoms with Gasteiger partial charge in [0.15, 0.2) is 5.96 Å². The molecule has 1 saturated carbocycles. The van der Waals surface area contributed by atoms with Crippen LogP contribution in [-0.2, 0) is 6.42 Å². The summed E-state index contributed by atoms with van der Waals surface area (Å²) in [5.41, 5.74) is 8.25. The lowest BCUT2D eigenvalue weighted by Gasteiger charge is -2.04. The Morgan fingerprint density at radius 1 is 1.59 bits per heavy atom. The van der Waals surface area contributed by atoms with E-state index >= 15 is 0 Å². The lowest BCUT2D eigenvalue weighted by atomic mass is 10.1. The third-order valence-corrected chi connectivity index (χ3v) is 2.73. The molecule has 17 heavy (non-hydrogen) atoms. The molecule has 0 saturated heterocycles. The molecule has 1 aromatic heterocycles. The summed E-state index contributed by atoms with van der Waals surface area (Å²) in [7, 11) is 0. The maximum Gasteiger partial charge on any atom is 0.188 e. The van der Waals surface area contributed by atoms with Gasteiger partial charge in [-0.25, -0.2) is 0 Å². The number of nitrogens with zero attached hydrogens (tertiary/aromatic N) is 2. The van der Waals surface area contributed by atoms with Crippen molar-refractivity contribution in [2.24, 2.45) is 10.7 Å². The van der Waals surface area contributed by atoms with Crippen molar-refractivity contribution in [2.45, 2.75) is 32.2 Å². The summed E-state index contributed by atoms with van der Waals surface area (Å²) in [6, 6.07) is 2.61. The number of pyridine rings is 1. The molecule has 0 radical (unpaired) electrons. The molecule has 94 valence electrons. The van der Waals surface area contributed by atoms with E-state index in [0.717, 1.165) is 13.0 Å². The number of hydrogen-bond acceptors (Lipinski definition) is 2. The van der Waals surface area contributed by atoms with Gasteiger partial charge in [0.2, 0.25) is 0 Å². The molecule has 3 N–H and O–H groups in total. The second kappa shape index (κ2) is 6.78. The number of aryl methyl sites for hydroxylation is 1. The summed E-state index contributed by atoms with van der Waals surface area (Å²) < 4.78 is 0. The largest absolute Gasteiger partial charge is 0.370 e. The molecule has 2 rings (SSSR count). The van der Waals surface area contributed by atoms with E-state index < -0.39 is 0 Å². The van der Waals surface area contributed by atoms with Crippen molar-refractivity contribution in [1.29, 1.82) is 0 Å². The van der Waals surface area contributed by atoms with Crippen molar-refractivity contribution in [3.05, 3.63) is 29.6 Å². The number of aromatic nitrogens is 1. The van der Waals surface area contributed by atoms with Gasteiger partial charge in [-0.2, -0.15) is 0 Å². The van der Waals surface area contributed by atoms with E-state index in [1.54, 1.807) is 0 Å². The molecular formula is C12H19IN4. The fraction of sp³-hybridized carbons (Fsp3) is 0.500. The summed E-state index contributed by atoms with van der Waals surface area (Å²) in [6.07, 6.45) is 7.06.